The zero-order valence-corrected chi connectivity index (χ0v) is 12.4. The molecule has 0 aliphatic heterocycles. The minimum absolute atomic E-state index is 0.0230. The first-order valence-corrected chi connectivity index (χ1v) is 6.88. The van der Waals surface area contributed by atoms with E-state index in [4.69, 9.17) is 39.5 Å². The number of benzene rings is 1. The van der Waals surface area contributed by atoms with E-state index in [1.165, 1.54) is 4.57 Å². The minimum Gasteiger partial charge on any atom is -0.449 e. The second-order valence-corrected chi connectivity index (χ2v) is 5.09. The van der Waals surface area contributed by atoms with Gasteiger partial charge >= 0.3 is 6.09 Å². The highest BCUT2D eigenvalue weighted by molar-refractivity contribution is 6.42. The molecular weight excluding hydrogens is 311 g/mol. The van der Waals surface area contributed by atoms with E-state index in [1.54, 1.807) is 12.1 Å². The van der Waals surface area contributed by atoms with Crippen molar-refractivity contribution in [1.82, 2.24) is 9.55 Å². The van der Waals surface area contributed by atoms with Gasteiger partial charge in [0.2, 0.25) is 5.28 Å². The van der Waals surface area contributed by atoms with E-state index >= 15 is 0 Å². The molecule has 1 aromatic heterocycles. The number of rotatable bonds is 3. The summed E-state index contributed by atoms with van der Waals surface area (Å²) in [6, 6.07) is 3.10. The van der Waals surface area contributed by atoms with E-state index in [9.17, 15) is 4.79 Å². The van der Waals surface area contributed by atoms with Crippen molar-refractivity contribution in [2.24, 2.45) is 0 Å². The van der Waals surface area contributed by atoms with Gasteiger partial charge in [0, 0.05) is 0 Å². The van der Waals surface area contributed by atoms with Crippen molar-refractivity contribution in [3.63, 3.8) is 0 Å². The van der Waals surface area contributed by atoms with E-state index in [2.05, 4.69) is 4.98 Å². The lowest BCUT2D eigenvalue weighted by Gasteiger charge is -2.06. The quantitative estimate of drug-likeness (QED) is 0.764. The van der Waals surface area contributed by atoms with E-state index in [0.29, 0.717) is 27.7 Å². The van der Waals surface area contributed by atoms with Crippen LogP contribution in [0.1, 0.15) is 19.8 Å². The zero-order valence-electron chi connectivity index (χ0n) is 10.1. The number of imidazole rings is 1. The molecule has 1 heterocycles. The first-order chi connectivity index (χ1) is 9.04. The van der Waals surface area contributed by atoms with Crippen LogP contribution in [0.25, 0.3) is 11.0 Å². The van der Waals surface area contributed by atoms with Crippen LogP contribution in [0.5, 0.6) is 0 Å². The third kappa shape index (κ3) is 2.96. The molecule has 0 unspecified atom stereocenters. The molecule has 2 aromatic rings. The summed E-state index contributed by atoms with van der Waals surface area (Å²) in [6.07, 6.45) is 1.16. The number of nitrogens with zero attached hydrogens (tertiary/aromatic N) is 2. The number of carbonyl (C=O) groups excluding carboxylic acids is 1. The maximum atomic E-state index is 12.0. The summed E-state index contributed by atoms with van der Waals surface area (Å²) in [7, 11) is 0. The predicted octanol–water partition coefficient (Wildman–Crippen LogP) is 4.78. The van der Waals surface area contributed by atoms with Crippen LogP contribution in [0.15, 0.2) is 12.1 Å². The molecule has 19 heavy (non-hydrogen) atoms. The van der Waals surface area contributed by atoms with E-state index < -0.39 is 6.09 Å². The summed E-state index contributed by atoms with van der Waals surface area (Å²) in [6.45, 7) is 2.35. The Bertz CT molecular complexity index is 625. The van der Waals surface area contributed by atoms with Gasteiger partial charge in [-0.05, 0) is 30.2 Å². The Kier molecular flexibility index (Phi) is 4.55. The molecule has 0 saturated carbocycles. The van der Waals surface area contributed by atoms with Crippen molar-refractivity contribution in [3.05, 3.63) is 27.5 Å². The van der Waals surface area contributed by atoms with Crippen LogP contribution >= 0.6 is 34.8 Å². The number of halogens is 3. The number of aromatic nitrogens is 2. The van der Waals surface area contributed by atoms with Crippen LogP contribution in [0.3, 0.4) is 0 Å². The largest absolute Gasteiger partial charge is 0.449 e. The standard InChI is InChI=1S/C12H11Cl3N2O2/c1-2-3-4-19-12(18)17-10-6-8(14)7(13)5-9(10)16-11(17)15/h5-6H,2-4H2,1H3. The molecular formula is C12H11Cl3N2O2. The lowest BCUT2D eigenvalue weighted by atomic mass is 10.3. The monoisotopic (exact) mass is 320 g/mol. The highest BCUT2D eigenvalue weighted by atomic mass is 35.5. The molecule has 4 nitrogen and oxygen atoms in total. The molecule has 0 atom stereocenters. The minimum atomic E-state index is -0.570. The first kappa shape index (κ1) is 14.4. The second-order valence-electron chi connectivity index (χ2n) is 3.94. The Morgan fingerprint density at radius 3 is 2.68 bits per heavy atom. The van der Waals surface area contributed by atoms with Crippen molar-refractivity contribution in [3.8, 4) is 0 Å². The van der Waals surface area contributed by atoms with Crippen LogP contribution < -0.4 is 0 Å². The summed E-state index contributed by atoms with van der Waals surface area (Å²) in [5.41, 5.74) is 0.965. The molecule has 1 aromatic carbocycles. The topological polar surface area (TPSA) is 44.1 Å². The summed E-state index contributed by atoms with van der Waals surface area (Å²) in [5, 5.41) is 0.706. The summed E-state index contributed by atoms with van der Waals surface area (Å²) in [5.74, 6) is 0. The Morgan fingerprint density at radius 2 is 2.00 bits per heavy atom. The number of hydrogen-bond acceptors (Lipinski definition) is 3. The Hall–Kier alpha value is -0.970. The van der Waals surface area contributed by atoms with Crippen LogP contribution in [0, 0.1) is 0 Å². The van der Waals surface area contributed by atoms with Gasteiger partial charge in [-0.25, -0.2) is 14.3 Å². The normalized spacial score (nSPS) is 10.9. The van der Waals surface area contributed by atoms with Gasteiger partial charge in [0.25, 0.3) is 0 Å². The number of unbranched alkanes of at least 4 members (excludes halogenated alkanes) is 1. The van der Waals surface area contributed by atoms with Crippen molar-refractivity contribution in [1.29, 1.82) is 0 Å². The molecule has 0 N–H and O–H groups in total. The molecule has 0 aliphatic rings. The fourth-order valence-corrected chi connectivity index (χ4v) is 2.15. The van der Waals surface area contributed by atoms with Gasteiger partial charge in [-0.1, -0.05) is 36.5 Å². The summed E-state index contributed by atoms with van der Waals surface area (Å²) < 4.78 is 6.28. The summed E-state index contributed by atoms with van der Waals surface area (Å²) >= 11 is 17.8. The fourth-order valence-electron chi connectivity index (χ4n) is 1.59. The van der Waals surface area contributed by atoms with Gasteiger partial charge in [0.1, 0.15) is 0 Å². The highest BCUT2D eigenvalue weighted by Gasteiger charge is 2.18. The van der Waals surface area contributed by atoms with Crippen molar-refractivity contribution in [2.45, 2.75) is 19.8 Å². The molecule has 0 aliphatic carbocycles. The number of hydrogen-bond donors (Lipinski definition) is 0. The molecule has 7 heteroatoms. The van der Waals surface area contributed by atoms with E-state index in [0.717, 1.165) is 12.8 Å². The third-order valence-electron chi connectivity index (χ3n) is 2.56. The molecule has 0 amide bonds. The average molecular weight is 322 g/mol. The smallest absolute Gasteiger partial charge is 0.420 e. The molecule has 0 radical (unpaired) electrons. The second kappa shape index (κ2) is 5.99. The molecule has 0 saturated heterocycles. The van der Waals surface area contributed by atoms with Gasteiger partial charge in [-0.3, -0.25) is 0 Å². The SMILES string of the molecule is CCCCOC(=O)n1c(Cl)nc2cc(Cl)c(Cl)cc21. The predicted molar refractivity (Wildman–Crippen MR) is 76.4 cm³/mol. The van der Waals surface area contributed by atoms with E-state index in [1.807, 2.05) is 6.92 Å². The van der Waals surface area contributed by atoms with E-state index in [-0.39, 0.29) is 5.28 Å². The molecule has 102 valence electrons. The fraction of sp³-hybridized carbons (Fsp3) is 0.333. The lowest BCUT2D eigenvalue weighted by Crippen LogP contribution is -2.14. The maximum absolute atomic E-state index is 12.0. The molecule has 0 spiro atoms. The van der Waals surface area contributed by atoms with Crippen LogP contribution in [-0.2, 0) is 4.74 Å². The highest BCUT2D eigenvalue weighted by Crippen LogP contribution is 2.29. The Labute approximate surface area is 125 Å². The average Bonchev–Trinajstić information content (AvgIpc) is 2.65. The lowest BCUT2D eigenvalue weighted by molar-refractivity contribution is 0.147. The Morgan fingerprint density at radius 1 is 1.32 bits per heavy atom. The molecule has 0 fully saturated rings. The van der Waals surface area contributed by atoms with Gasteiger partial charge in [0.15, 0.2) is 0 Å². The summed E-state index contributed by atoms with van der Waals surface area (Å²) in [4.78, 5) is 16.0. The zero-order chi connectivity index (χ0) is 14.0. The molecule has 0 bridgehead atoms. The first-order valence-electron chi connectivity index (χ1n) is 5.74. The molecule has 2 rings (SSSR count). The van der Waals surface area contributed by atoms with Crippen molar-refractivity contribution >= 4 is 51.9 Å². The van der Waals surface area contributed by atoms with Crippen molar-refractivity contribution < 1.29 is 9.53 Å². The third-order valence-corrected chi connectivity index (χ3v) is 3.54. The van der Waals surface area contributed by atoms with Gasteiger partial charge in [-0.15, -0.1) is 0 Å². The Balaban J connectivity index is 2.39. The van der Waals surface area contributed by atoms with Gasteiger partial charge in [0.05, 0.1) is 27.7 Å². The van der Waals surface area contributed by atoms with Crippen LogP contribution in [0.4, 0.5) is 4.79 Å². The van der Waals surface area contributed by atoms with Crippen molar-refractivity contribution in [2.75, 3.05) is 6.61 Å². The maximum Gasteiger partial charge on any atom is 0.420 e. The number of carbonyl (C=O) groups is 1. The number of ether oxygens (including phenoxy) is 1. The van der Waals surface area contributed by atoms with Crippen LogP contribution in [0.2, 0.25) is 15.3 Å². The van der Waals surface area contributed by atoms with Gasteiger partial charge < -0.3 is 4.74 Å². The van der Waals surface area contributed by atoms with Gasteiger partial charge in [-0.2, -0.15) is 0 Å². The number of fused-ring (bicyclic) bond motifs is 1. The van der Waals surface area contributed by atoms with Crippen LogP contribution in [-0.4, -0.2) is 22.3 Å².